The normalized spacial score (nSPS) is 11.4. The van der Waals surface area contributed by atoms with E-state index in [4.69, 9.17) is 9.72 Å². The maximum Gasteiger partial charge on any atom is 0.283 e. The van der Waals surface area contributed by atoms with E-state index in [1.54, 1.807) is 7.11 Å². The van der Waals surface area contributed by atoms with Crippen LogP contribution >= 0.6 is 23.1 Å². The summed E-state index contributed by atoms with van der Waals surface area (Å²) in [4.78, 5) is 39.4. The molecule has 3 aromatic heterocycles. The van der Waals surface area contributed by atoms with Gasteiger partial charge in [0.05, 0.1) is 28.8 Å². The van der Waals surface area contributed by atoms with E-state index in [1.165, 1.54) is 27.7 Å². The summed E-state index contributed by atoms with van der Waals surface area (Å²) in [6, 6.07) is 19.3. The maximum atomic E-state index is 13.9. The number of ether oxygens (including phenoxy) is 1. The molecule has 38 heavy (non-hydrogen) atoms. The van der Waals surface area contributed by atoms with E-state index in [-0.39, 0.29) is 17.2 Å². The predicted molar refractivity (Wildman–Crippen MR) is 154 cm³/mol. The number of H-pyrrole nitrogens is 1. The molecule has 6 aromatic rings. The molecule has 0 saturated heterocycles. The summed E-state index contributed by atoms with van der Waals surface area (Å²) in [5, 5.41) is 4.67. The number of nitrogens with one attached hydrogen (secondary N) is 2. The first-order chi connectivity index (χ1) is 18.4. The Morgan fingerprint density at radius 1 is 1.08 bits per heavy atom. The Balaban J connectivity index is 1.40. The number of hydrogen-bond donors (Lipinski definition) is 2. The maximum absolute atomic E-state index is 13.9. The summed E-state index contributed by atoms with van der Waals surface area (Å²) < 4.78 is 8.11. The van der Waals surface area contributed by atoms with E-state index >= 15 is 0 Å². The minimum Gasteiger partial charge on any atom is -0.495 e. The molecule has 6 rings (SSSR count). The number of thiazole rings is 1. The highest BCUT2D eigenvalue weighted by atomic mass is 32.2. The molecule has 0 spiro atoms. The van der Waals surface area contributed by atoms with Gasteiger partial charge in [0.1, 0.15) is 16.8 Å². The van der Waals surface area contributed by atoms with Crippen molar-refractivity contribution < 1.29 is 9.53 Å². The minimum atomic E-state index is -0.264. The lowest BCUT2D eigenvalue weighted by Gasteiger charge is -2.15. The van der Waals surface area contributed by atoms with Gasteiger partial charge in [-0.05, 0) is 55.3 Å². The van der Waals surface area contributed by atoms with Crippen LogP contribution in [-0.4, -0.2) is 38.3 Å². The molecule has 0 fully saturated rings. The highest BCUT2D eigenvalue weighted by Crippen LogP contribution is 2.31. The average molecular weight is 542 g/mol. The van der Waals surface area contributed by atoms with E-state index < -0.39 is 0 Å². The first kappa shape index (κ1) is 24.2. The third-order valence-corrected chi connectivity index (χ3v) is 8.06. The van der Waals surface area contributed by atoms with E-state index in [1.807, 2.05) is 74.5 Å². The van der Waals surface area contributed by atoms with Crippen molar-refractivity contribution in [2.24, 2.45) is 0 Å². The molecule has 190 valence electrons. The van der Waals surface area contributed by atoms with Crippen molar-refractivity contribution in [1.29, 1.82) is 0 Å². The smallest absolute Gasteiger partial charge is 0.283 e. The van der Waals surface area contributed by atoms with Gasteiger partial charge in [-0.1, -0.05) is 53.4 Å². The number of fused-ring (bicyclic) bond motifs is 4. The van der Waals surface area contributed by atoms with Crippen LogP contribution in [0.15, 0.2) is 70.6 Å². The molecule has 10 heteroatoms. The van der Waals surface area contributed by atoms with Crippen LogP contribution in [0.25, 0.3) is 37.8 Å². The van der Waals surface area contributed by atoms with Gasteiger partial charge in [-0.2, -0.15) is 0 Å². The molecular formula is C28H23N5O3S2. The molecule has 2 N–H and O–H groups in total. The zero-order chi connectivity index (χ0) is 26.4. The number of thioether (sulfide) groups is 1. The zero-order valence-corrected chi connectivity index (χ0v) is 22.5. The first-order valence-electron chi connectivity index (χ1n) is 11.9. The van der Waals surface area contributed by atoms with E-state index in [2.05, 4.69) is 15.3 Å². The second-order valence-corrected chi connectivity index (χ2v) is 10.9. The van der Waals surface area contributed by atoms with Gasteiger partial charge in [0.15, 0.2) is 10.3 Å². The summed E-state index contributed by atoms with van der Waals surface area (Å²) in [5.41, 5.74) is 5.03. The van der Waals surface area contributed by atoms with Crippen LogP contribution in [0, 0.1) is 13.8 Å². The Morgan fingerprint density at radius 3 is 2.71 bits per heavy atom. The van der Waals surface area contributed by atoms with Crippen molar-refractivity contribution in [1.82, 2.24) is 19.5 Å². The number of aryl methyl sites for hydroxylation is 2. The molecule has 3 heterocycles. The lowest BCUT2D eigenvalue weighted by molar-refractivity contribution is -0.113. The third-order valence-electron chi connectivity index (χ3n) is 6.19. The number of para-hydroxylation sites is 1. The number of amides is 1. The molecule has 0 saturated carbocycles. The van der Waals surface area contributed by atoms with Gasteiger partial charge >= 0.3 is 0 Å². The van der Waals surface area contributed by atoms with Gasteiger partial charge in [-0.25, -0.2) is 14.5 Å². The fourth-order valence-corrected chi connectivity index (χ4v) is 6.18. The number of anilines is 1. The average Bonchev–Trinajstić information content (AvgIpc) is 3.48. The number of carbonyl (C=O) groups excluding carboxylic acids is 1. The van der Waals surface area contributed by atoms with Crippen LogP contribution in [0.4, 0.5) is 5.13 Å². The van der Waals surface area contributed by atoms with Crippen molar-refractivity contribution in [2.75, 3.05) is 18.2 Å². The Labute approximate surface area is 225 Å². The first-order valence-corrected chi connectivity index (χ1v) is 13.7. The number of rotatable bonds is 6. The molecule has 0 bridgehead atoms. The van der Waals surface area contributed by atoms with E-state index in [0.717, 1.165) is 32.2 Å². The van der Waals surface area contributed by atoms with Crippen LogP contribution in [0.3, 0.4) is 0 Å². The van der Waals surface area contributed by atoms with Crippen LogP contribution in [0.2, 0.25) is 0 Å². The van der Waals surface area contributed by atoms with Crippen molar-refractivity contribution in [2.45, 2.75) is 19.0 Å². The molecule has 0 radical (unpaired) electrons. The number of aromatic amines is 1. The van der Waals surface area contributed by atoms with Gasteiger partial charge in [-0.15, -0.1) is 0 Å². The Hall–Kier alpha value is -4.15. The van der Waals surface area contributed by atoms with Gasteiger partial charge < -0.3 is 15.0 Å². The fourth-order valence-electron chi connectivity index (χ4n) is 4.40. The number of carbonyl (C=O) groups is 1. The quantitative estimate of drug-likeness (QED) is 0.203. The van der Waals surface area contributed by atoms with Gasteiger partial charge in [0.25, 0.3) is 5.56 Å². The number of hydrogen-bond acceptors (Lipinski definition) is 7. The molecule has 0 unspecified atom stereocenters. The summed E-state index contributed by atoms with van der Waals surface area (Å²) in [7, 11) is 1.56. The Morgan fingerprint density at radius 2 is 1.87 bits per heavy atom. The predicted octanol–water partition coefficient (Wildman–Crippen LogP) is 5.83. The molecule has 0 aliphatic rings. The van der Waals surface area contributed by atoms with Crippen molar-refractivity contribution in [3.05, 3.63) is 82.1 Å². The van der Waals surface area contributed by atoms with Crippen LogP contribution in [-0.2, 0) is 4.79 Å². The SMILES string of the molecule is COc1ccc(C)cc1-n1c(SCC(=O)Nc2nc3ccc(C)cc3s2)nc2c([nH]c3ccccc32)c1=O. The summed E-state index contributed by atoms with van der Waals surface area (Å²) in [6.45, 7) is 3.97. The van der Waals surface area contributed by atoms with Gasteiger partial charge in [0, 0.05) is 10.9 Å². The lowest BCUT2D eigenvalue weighted by atomic mass is 10.2. The third kappa shape index (κ3) is 4.31. The second-order valence-electron chi connectivity index (χ2n) is 8.93. The van der Waals surface area contributed by atoms with E-state index in [9.17, 15) is 9.59 Å². The van der Waals surface area contributed by atoms with Crippen molar-refractivity contribution in [3.63, 3.8) is 0 Å². The topological polar surface area (TPSA) is 102 Å². The Kier molecular flexibility index (Phi) is 6.13. The van der Waals surface area contributed by atoms with Crippen LogP contribution in [0.1, 0.15) is 11.1 Å². The standard InChI is InChI=1S/C28H23N5O3S2/c1-15-9-11-21(36-3)20(12-15)33-26(35)25-24(17-6-4-5-7-18(17)29-25)32-28(33)37-14-23(34)31-27-30-19-10-8-16(2)13-22(19)38-27/h4-13,29H,14H2,1-3H3,(H,30,31,34). The molecule has 3 aromatic carbocycles. The van der Waals surface area contributed by atoms with Crippen LogP contribution < -0.4 is 15.6 Å². The minimum absolute atomic E-state index is 0.0450. The largest absolute Gasteiger partial charge is 0.495 e. The number of nitrogens with zero attached hydrogens (tertiary/aromatic N) is 3. The van der Waals surface area contributed by atoms with Crippen molar-refractivity contribution >= 4 is 66.3 Å². The second kappa shape index (κ2) is 9.62. The summed E-state index contributed by atoms with van der Waals surface area (Å²) >= 11 is 2.62. The van der Waals surface area contributed by atoms with Crippen LogP contribution in [0.5, 0.6) is 5.75 Å². The molecule has 0 atom stereocenters. The zero-order valence-electron chi connectivity index (χ0n) is 20.9. The number of aromatic nitrogens is 4. The summed E-state index contributed by atoms with van der Waals surface area (Å²) in [5.74, 6) is 0.344. The van der Waals surface area contributed by atoms with E-state index in [0.29, 0.717) is 32.8 Å². The lowest BCUT2D eigenvalue weighted by Crippen LogP contribution is -2.23. The van der Waals surface area contributed by atoms with Crippen molar-refractivity contribution in [3.8, 4) is 11.4 Å². The van der Waals surface area contributed by atoms with Gasteiger partial charge in [-0.3, -0.25) is 9.59 Å². The summed E-state index contributed by atoms with van der Waals surface area (Å²) in [6.07, 6.45) is 0. The molecule has 8 nitrogen and oxygen atoms in total. The Bertz CT molecular complexity index is 1920. The highest BCUT2D eigenvalue weighted by molar-refractivity contribution is 7.99. The molecule has 0 aliphatic heterocycles. The molecule has 1 amide bonds. The monoisotopic (exact) mass is 541 g/mol. The number of methoxy groups -OCH3 is 1. The molecule has 0 aliphatic carbocycles. The number of benzene rings is 3. The van der Waals surface area contributed by atoms with Gasteiger partial charge in [0.2, 0.25) is 5.91 Å². The highest BCUT2D eigenvalue weighted by Gasteiger charge is 2.20. The molecular weight excluding hydrogens is 518 g/mol. The fraction of sp³-hybridized carbons (Fsp3) is 0.143.